The van der Waals surface area contributed by atoms with Gasteiger partial charge in [0.25, 0.3) is 0 Å². The van der Waals surface area contributed by atoms with E-state index in [-0.39, 0.29) is 36.7 Å². The maximum atomic E-state index is 6.74. The second-order valence-corrected chi connectivity index (χ2v) is 1.65. The third-order valence-electron chi connectivity index (χ3n) is 0.722. The van der Waals surface area contributed by atoms with Crippen LogP contribution in [0.1, 0.15) is 0 Å². The lowest BCUT2D eigenvalue weighted by Crippen LogP contribution is -2.33. The monoisotopic (exact) mass is 216 g/mol. The fourth-order valence-electron chi connectivity index (χ4n) is 0.376. The molecule has 6 nitrogen and oxygen atoms in total. The van der Waals surface area contributed by atoms with Gasteiger partial charge in [-0.3, -0.25) is 10.4 Å². The maximum absolute atomic E-state index is 6.74. The molecule has 0 radical (unpaired) electrons. The molecule has 0 spiro atoms. The molecular weight excluding hydrogens is 203 g/mol. The average molecular weight is 217 g/mol. The van der Waals surface area contributed by atoms with Gasteiger partial charge in [0.15, 0.2) is 11.9 Å². The summed E-state index contributed by atoms with van der Waals surface area (Å²) >= 11 is 0. The fraction of sp³-hybridized carbons (Fsp3) is 0.500. The molecule has 0 bridgehead atoms. The van der Waals surface area contributed by atoms with Crippen molar-refractivity contribution in [3.8, 4) is 0 Å². The molecule has 0 amide bonds. The van der Waals surface area contributed by atoms with Crippen molar-refractivity contribution in [1.82, 2.24) is 5.32 Å². The molecule has 0 unspecified atom stereocenters. The molecule has 0 aromatic rings. The smallest absolute Gasteiger partial charge is 0.185 e. The highest BCUT2D eigenvalue weighted by Gasteiger charge is 1.84. The van der Waals surface area contributed by atoms with Crippen molar-refractivity contribution in [2.75, 3.05) is 13.1 Å². The van der Waals surface area contributed by atoms with E-state index in [4.69, 9.17) is 22.6 Å². The number of aliphatic imine (C=N–C) groups is 1. The molecule has 0 aliphatic heterocycles. The number of hydrogen-bond donors (Lipinski definition) is 5. The lowest BCUT2D eigenvalue weighted by atomic mass is 10.6. The molecule has 0 aliphatic carbocycles. The van der Waals surface area contributed by atoms with Crippen LogP contribution in [0.2, 0.25) is 0 Å². The van der Waals surface area contributed by atoms with E-state index in [1.807, 2.05) is 0 Å². The van der Waals surface area contributed by atoms with E-state index in [9.17, 15) is 0 Å². The summed E-state index contributed by atoms with van der Waals surface area (Å²) in [6.07, 6.45) is 0. The SMILES string of the molecule is Cl.Cl.N=C(N)NCCN=C(N)N. The maximum Gasteiger partial charge on any atom is 0.185 e. The van der Waals surface area contributed by atoms with Crippen molar-refractivity contribution in [3.05, 3.63) is 0 Å². The molecule has 74 valence electrons. The molecule has 0 aromatic carbocycles. The standard InChI is InChI=1S/C4H12N6.2ClH/c5-3(6)9-1-2-10-4(7)8;;/h1-2H2,(H4,5,6,9)(H4,7,8,10);2*1H. The van der Waals surface area contributed by atoms with Gasteiger partial charge in [-0.1, -0.05) is 0 Å². The number of nitrogens with two attached hydrogens (primary N) is 3. The second-order valence-electron chi connectivity index (χ2n) is 1.65. The quantitative estimate of drug-likeness (QED) is 0.226. The van der Waals surface area contributed by atoms with Gasteiger partial charge in [0, 0.05) is 6.54 Å². The number of nitrogens with zero attached hydrogens (tertiary/aromatic N) is 1. The normalized spacial score (nSPS) is 7.00. The van der Waals surface area contributed by atoms with Gasteiger partial charge in [0.2, 0.25) is 0 Å². The summed E-state index contributed by atoms with van der Waals surface area (Å²) in [4.78, 5) is 3.65. The molecule has 0 heterocycles. The van der Waals surface area contributed by atoms with Crippen LogP contribution < -0.4 is 22.5 Å². The zero-order chi connectivity index (χ0) is 7.98. The second kappa shape index (κ2) is 10.1. The molecule has 0 rings (SSSR count). The van der Waals surface area contributed by atoms with Crippen molar-refractivity contribution in [1.29, 1.82) is 5.41 Å². The van der Waals surface area contributed by atoms with Crippen LogP contribution in [0.4, 0.5) is 0 Å². The van der Waals surface area contributed by atoms with E-state index in [1.54, 1.807) is 0 Å². The topological polar surface area (TPSA) is 126 Å². The van der Waals surface area contributed by atoms with Crippen molar-refractivity contribution in [3.63, 3.8) is 0 Å². The number of halogens is 2. The summed E-state index contributed by atoms with van der Waals surface area (Å²) in [5.41, 5.74) is 15.0. The Morgan fingerprint density at radius 3 is 2.08 bits per heavy atom. The predicted molar refractivity (Wildman–Crippen MR) is 55.1 cm³/mol. The summed E-state index contributed by atoms with van der Waals surface area (Å²) in [5, 5.41) is 9.28. The van der Waals surface area contributed by atoms with Crippen LogP contribution in [-0.2, 0) is 0 Å². The minimum absolute atomic E-state index is 0. The van der Waals surface area contributed by atoms with E-state index in [0.29, 0.717) is 13.1 Å². The molecule has 0 saturated heterocycles. The molecule has 0 aromatic heterocycles. The number of nitrogens with one attached hydrogen (secondary N) is 2. The first-order chi connectivity index (χ1) is 4.63. The van der Waals surface area contributed by atoms with E-state index >= 15 is 0 Å². The molecule has 0 saturated carbocycles. The van der Waals surface area contributed by atoms with Crippen molar-refractivity contribution < 1.29 is 0 Å². The Labute approximate surface area is 83.3 Å². The van der Waals surface area contributed by atoms with Crippen LogP contribution in [0.15, 0.2) is 4.99 Å². The molecule has 0 atom stereocenters. The molecule has 8 heteroatoms. The predicted octanol–water partition coefficient (Wildman–Crippen LogP) is -1.41. The Morgan fingerprint density at radius 1 is 1.25 bits per heavy atom. The summed E-state index contributed by atoms with van der Waals surface area (Å²) in [6, 6.07) is 0. The van der Waals surface area contributed by atoms with Gasteiger partial charge in [-0.25, -0.2) is 0 Å². The molecular formula is C4H14Cl2N6. The minimum atomic E-state index is -0.0780. The van der Waals surface area contributed by atoms with Gasteiger partial charge in [-0.15, -0.1) is 24.8 Å². The fourth-order valence-corrected chi connectivity index (χ4v) is 0.376. The van der Waals surface area contributed by atoms with E-state index in [2.05, 4.69) is 10.3 Å². The zero-order valence-corrected chi connectivity index (χ0v) is 8.04. The largest absolute Gasteiger partial charge is 0.370 e. The molecule has 0 fully saturated rings. The van der Waals surface area contributed by atoms with Crippen molar-refractivity contribution in [2.24, 2.45) is 22.2 Å². The summed E-state index contributed by atoms with van der Waals surface area (Å²) < 4.78 is 0. The van der Waals surface area contributed by atoms with Crippen LogP contribution in [0.5, 0.6) is 0 Å². The van der Waals surface area contributed by atoms with E-state index in [1.165, 1.54) is 0 Å². The van der Waals surface area contributed by atoms with E-state index < -0.39 is 0 Å². The first kappa shape index (κ1) is 17.3. The van der Waals surface area contributed by atoms with Gasteiger partial charge in [0.1, 0.15) is 0 Å². The third kappa shape index (κ3) is 16.1. The van der Waals surface area contributed by atoms with Gasteiger partial charge < -0.3 is 22.5 Å². The molecule has 12 heavy (non-hydrogen) atoms. The Kier molecular flexibility index (Phi) is 14.6. The van der Waals surface area contributed by atoms with Crippen LogP contribution in [0, 0.1) is 5.41 Å². The minimum Gasteiger partial charge on any atom is -0.370 e. The summed E-state index contributed by atoms with van der Waals surface area (Å²) in [7, 11) is 0. The third-order valence-corrected chi connectivity index (χ3v) is 0.722. The highest BCUT2D eigenvalue weighted by molar-refractivity contribution is 5.85. The van der Waals surface area contributed by atoms with E-state index in [0.717, 1.165) is 0 Å². The number of guanidine groups is 2. The zero-order valence-electron chi connectivity index (χ0n) is 6.41. The Balaban J connectivity index is -0.000000405. The Morgan fingerprint density at radius 2 is 1.75 bits per heavy atom. The highest BCUT2D eigenvalue weighted by atomic mass is 35.5. The van der Waals surface area contributed by atoms with Gasteiger partial charge in [-0.05, 0) is 0 Å². The van der Waals surface area contributed by atoms with Crippen molar-refractivity contribution in [2.45, 2.75) is 0 Å². The molecule has 8 N–H and O–H groups in total. The lowest BCUT2D eigenvalue weighted by Gasteiger charge is -1.98. The van der Waals surface area contributed by atoms with Crippen molar-refractivity contribution >= 4 is 36.7 Å². The number of hydrogen-bond acceptors (Lipinski definition) is 2. The van der Waals surface area contributed by atoms with Crippen LogP contribution in [-0.4, -0.2) is 25.0 Å². The number of rotatable bonds is 3. The average Bonchev–Trinajstić information content (AvgIpc) is 1.79. The Bertz CT molecular complexity index is 142. The first-order valence-electron chi connectivity index (χ1n) is 2.76. The van der Waals surface area contributed by atoms with Gasteiger partial charge >= 0.3 is 0 Å². The summed E-state index contributed by atoms with van der Waals surface area (Å²) in [5.74, 6) is -0.0313. The first-order valence-corrected chi connectivity index (χ1v) is 2.76. The van der Waals surface area contributed by atoms with Crippen LogP contribution in [0.25, 0.3) is 0 Å². The van der Waals surface area contributed by atoms with Gasteiger partial charge in [0.05, 0.1) is 6.54 Å². The highest BCUT2D eigenvalue weighted by Crippen LogP contribution is 1.64. The summed E-state index contributed by atoms with van der Waals surface area (Å²) in [6.45, 7) is 0.912. The van der Waals surface area contributed by atoms with Gasteiger partial charge in [-0.2, -0.15) is 0 Å². The lowest BCUT2D eigenvalue weighted by molar-refractivity contribution is 0.862. The van der Waals surface area contributed by atoms with Crippen LogP contribution in [0.3, 0.4) is 0 Å². The Hall–Kier alpha value is -0.880. The molecule has 0 aliphatic rings. The van der Waals surface area contributed by atoms with Crippen LogP contribution >= 0.6 is 24.8 Å².